The molecular weight excluding hydrogens is 296 g/mol. The van der Waals surface area contributed by atoms with Crippen LogP contribution in [0.1, 0.15) is 0 Å². The predicted molar refractivity (Wildman–Crippen MR) is 55.1 cm³/mol. The summed E-state index contributed by atoms with van der Waals surface area (Å²) < 4.78 is 5.11. The van der Waals surface area contributed by atoms with Crippen molar-refractivity contribution in [2.45, 2.75) is 0 Å². The van der Waals surface area contributed by atoms with E-state index >= 15 is 0 Å². The summed E-state index contributed by atoms with van der Waals surface area (Å²) in [5.74, 6) is 0. The molecule has 52 valence electrons. The Kier molecular flexibility index (Phi) is 1.88. The Morgan fingerprint density at radius 2 is 1.30 bits per heavy atom. The van der Waals surface area contributed by atoms with Crippen LogP contribution in [0.5, 0.6) is 0 Å². The van der Waals surface area contributed by atoms with Crippen molar-refractivity contribution in [3.63, 3.8) is 0 Å². The Hall–Kier alpha value is 0.620. The molecule has 2 aromatic heterocycles. The van der Waals surface area contributed by atoms with Crippen molar-refractivity contribution < 1.29 is 0 Å². The summed E-state index contributed by atoms with van der Waals surface area (Å²) in [4.78, 5) is 0. The number of rotatable bonds is 0. The molecule has 0 aliphatic heterocycles. The van der Waals surface area contributed by atoms with Crippen LogP contribution in [0.25, 0.3) is 9.40 Å². The average molecular weight is 298 g/mol. The lowest BCUT2D eigenvalue weighted by atomic mass is 10.5. The Bertz CT molecular complexity index is 325. The largest absolute Gasteiger partial charge is 0.140 e. The highest BCUT2D eigenvalue weighted by molar-refractivity contribution is 9.11. The molecule has 0 amide bonds. The van der Waals surface area contributed by atoms with Crippen molar-refractivity contribution in [3.8, 4) is 0 Å². The summed E-state index contributed by atoms with van der Waals surface area (Å²) in [6.45, 7) is 0. The van der Waals surface area contributed by atoms with Gasteiger partial charge in [-0.2, -0.15) is 0 Å². The minimum atomic E-state index is 1.21. The van der Waals surface area contributed by atoms with Gasteiger partial charge in [0.1, 0.15) is 0 Å². The lowest BCUT2D eigenvalue weighted by Gasteiger charge is -1.75. The summed E-state index contributed by atoms with van der Waals surface area (Å²) in [5, 5.41) is 4.23. The summed E-state index contributed by atoms with van der Waals surface area (Å²) in [5.41, 5.74) is 0. The molecule has 0 N–H and O–H groups in total. The molecule has 0 fully saturated rings. The van der Waals surface area contributed by atoms with E-state index in [0.717, 1.165) is 0 Å². The number of thiophene rings is 2. The molecule has 0 aliphatic carbocycles. The van der Waals surface area contributed by atoms with Gasteiger partial charge in [0.05, 0.1) is 9.40 Å². The summed E-state index contributed by atoms with van der Waals surface area (Å²) in [6.07, 6.45) is 0. The molecule has 0 aliphatic rings. The second-order valence-corrected chi connectivity index (χ2v) is 5.29. The van der Waals surface area contributed by atoms with Gasteiger partial charge < -0.3 is 0 Å². The third-order valence-corrected chi connectivity index (χ3v) is 5.74. The van der Waals surface area contributed by atoms with Crippen LogP contribution >= 0.6 is 54.5 Å². The van der Waals surface area contributed by atoms with E-state index in [2.05, 4.69) is 42.6 Å². The van der Waals surface area contributed by atoms with E-state index in [1.54, 1.807) is 22.7 Å². The van der Waals surface area contributed by atoms with Gasteiger partial charge in [-0.15, -0.1) is 22.7 Å². The van der Waals surface area contributed by atoms with Gasteiger partial charge in [0.2, 0.25) is 0 Å². The maximum atomic E-state index is 3.48. The number of hydrogen-bond acceptors (Lipinski definition) is 2. The topological polar surface area (TPSA) is 0 Å². The van der Waals surface area contributed by atoms with Gasteiger partial charge in [0, 0.05) is 19.7 Å². The fourth-order valence-corrected chi connectivity index (χ4v) is 4.44. The Labute approximate surface area is 83.1 Å². The molecule has 10 heavy (non-hydrogen) atoms. The van der Waals surface area contributed by atoms with Crippen LogP contribution in [0.15, 0.2) is 19.7 Å². The van der Waals surface area contributed by atoms with Crippen LogP contribution in [-0.4, -0.2) is 0 Å². The molecule has 0 nitrogen and oxygen atoms in total. The minimum absolute atomic E-state index is 1.21. The molecule has 0 atom stereocenters. The van der Waals surface area contributed by atoms with E-state index in [0.29, 0.717) is 0 Å². The van der Waals surface area contributed by atoms with E-state index in [1.807, 2.05) is 0 Å². The van der Waals surface area contributed by atoms with Crippen molar-refractivity contribution in [3.05, 3.63) is 19.7 Å². The zero-order valence-electron chi connectivity index (χ0n) is 4.73. The molecule has 2 heterocycles. The zero-order valence-corrected chi connectivity index (χ0v) is 9.53. The van der Waals surface area contributed by atoms with Crippen molar-refractivity contribution >= 4 is 63.9 Å². The van der Waals surface area contributed by atoms with E-state index in [1.165, 1.54) is 18.3 Å². The third-order valence-electron chi connectivity index (χ3n) is 1.20. The normalized spacial score (nSPS) is 11.0. The standard InChI is InChI=1S/C6H2Br2S2/c7-3-1-9-6-4(8)2-10-5(3)6/h1-2H. The molecule has 2 rings (SSSR count). The number of fused-ring (bicyclic) bond motifs is 1. The second kappa shape index (κ2) is 2.59. The summed E-state index contributed by atoms with van der Waals surface area (Å²) in [7, 11) is 0. The van der Waals surface area contributed by atoms with E-state index in [4.69, 9.17) is 0 Å². The van der Waals surface area contributed by atoms with Gasteiger partial charge in [-0.1, -0.05) is 0 Å². The lowest BCUT2D eigenvalue weighted by molar-refractivity contribution is 2.06. The molecule has 0 spiro atoms. The van der Waals surface area contributed by atoms with Gasteiger partial charge in [0.25, 0.3) is 0 Å². The van der Waals surface area contributed by atoms with Crippen LogP contribution in [0.4, 0.5) is 0 Å². The van der Waals surface area contributed by atoms with Crippen LogP contribution < -0.4 is 0 Å². The lowest BCUT2D eigenvalue weighted by Crippen LogP contribution is -1.46. The molecule has 0 bridgehead atoms. The smallest absolute Gasteiger partial charge is 0.0604 e. The first kappa shape index (κ1) is 7.28. The van der Waals surface area contributed by atoms with Crippen molar-refractivity contribution in [2.24, 2.45) is 0 Å². The van der Waals surface area contributed by atoms with E-state index in [9.17, 15) is 0 Å². The number of hydrogen-bond donors (Lipinski definition) is 0. The molecular formula is C6H2Br2S2. The van der Waals surface area contributed by atoms with Crippen LogP contribution in [0.2, 0.25) is 0 Å². The molecule has 0 saturated carbocycles. The van der Waals surface area contributed by atoms with E-state index < -0.39 is 0 Å². The first-order valence-corrected chi connectivity index (χ1v) is 5.93. The molecule has 4 heteroatoms. The van der Waals surface area contributed by atoms with Crippen molar-refractivity contribution in [1.29, 1.82) is 0 Å². The van der Waals surface area contributed by atoms with Crippen LogP contribution in [-0.2, 0) is 0 Å². The first-order valence-electron chi connectivity index (χ1n) is 2.58. The molecule has 2 aromatic rings. The van der Waals surface area contributed by atoms with Gasteiger partial charge in [-0.25, -0.2) is 0 Å². The second-order valence-electron chi connectivity index (χ2n) is 1.83. The van der Waals surface area contributed by atoms with Crippen molar-refractivity contribution in [1.82, 2.24) is 0 Å². The number of halogens is 2. The van der Waals surface area contributed by atoms with E-state index in [-0.39, 0.29) is 0 Å². The SMILES string of the molecule is Brc1csc2c(Br)csc12. The van der Waals surface area contributed by atoms with Crippen LogP contribution in [0.3, 0.4) is 0 Å². The molecule has 0 saturated heterocycles. The monoisotopic (exact) mass is 296 g/mol. The summed E-state index contributed by atoms with van der Waals surface area (Å²) >= 11 is 10.5. The maximum absolute atomic E-state index is 3.48. The third kappa shape index (κ3) is 0.978. The zero-order chi connectivity index (χ0) is 7.14. The Balaban J connectivity index is 2.95. The fourth-order valence-electron chi connectivity index (χ4n) is 0.765. The molecule has 0 radical (unpaired) electrons. The Morgan fingerprint density at radius 1 is 0.900 bits per heavy atom. The highest BCUT2D eigenvalue weighted by Crippen LogP contribution is 2.39. The highest BCUT2D eigenvalue weighted by atomic mass is 79.9. The maximum Gasteiger partial charge on any atom is 0.0604 e. The fraction of sp³-hybridized carbons (Fsp3) is 0. The minimum Gasteiger partial charge on any atom is -0.140 e. The predicted octanol–water partition coefficient (Wildman–Crippen LogP) is 4.49. The quantitative estimate of drug-likeness (QED) is 0.672. The van der Waals surface area contributed by atoms with Gasteiger partial charge >= 0.3 is 0 Å². The molecule has 0 aromatic carbocycles. The Morgan fingerprint density at radius 3 is 1.70 bits per heavy atom. The molecule has 0 unspecified atom stereocenters. The summed E-state index contributed by atoms with van der Waals surface area (Å²) in [6, 6.07) is 0. The first-order chi connectivity index (χ1) is 4.79. The average Bonchev–Trinajstić information content (AvgIpc) is 2.41. The van der Waals surface area contributed by atoms with Gasteiger partial charge in [-0.3, -0.25) is 0 Å². The van der Waals surface area contributed by atoms with Gasteiger partial charge in [0.15, 0.2) is 0 Å². The van der Waals surface area contributed by atoms with Gasteiger partial charge in [-0.05, 0) is 31.9 Å². The van der Waals surface area contributed by atoms with Crippen molar-refractivity contribution in [2.75, 3.05) is 0 Å². The highest BCUT2D eigenvalue weighted by Gasteiger charge is 2.05. The van der Waals surface area contributed by atoms with Crippen LogP contribution in [0, 0.1) is 0 Å².